The van der Waals surface area contributed by atoms with E-state index in [1.807, 2.05) is 24.3 Å². The average molecular weight is 391 g/mol. The number of amides is 2. The molecule has 0 saturated heterocycles. The monoisotopic (exact) mass is 391 g/mol. The summed E-state index contributed by atoms with van der Waals surface area (Å²) >= 11 is 0. The molecule has 1 aromatic heterocycles. The molecule has 0 saturated carbocycles. The first-order chi connectivity index (χ1) is 14.0. The second kappa shape index (κ2) is 9.59. The molecule has 2 aromatic carbocycles. The second-order valence-corrected chi connectivity index (χ2v) is 6.60. The highest BCUT2D eigenvalue weighted by molar-refractivity contribution is 6.05. The third-order valence-electron chi connectivity index (χ3n) is 4.50. The molecule has 0 bridgehead atoms. The number of nitrogens with one attached hydrogen (secondary N) is 2. The van der Waals surface area contributed by atoms with Crippen LogP contribution in [0.1, 0.15) is 38.8 Å². The molecule has 0 radical (unpaired) electrons. The maximum Gasteiger partial charge on any atom is 0.257 e. The predicted octanol–water partition coefficient (Wildman–Crippen LogP) is 4.01. The molecule has 0 fully saturated rings. The van der Waals surface area contributed by atoms with Gasteiger partial charge in [0.1, 0.15) is 5.82 Å². The summed E-state index contributed by atoms with van der Waals surface area (Å²) in [5, 5.41) is 5.59. The molecule has 1 heterocycles. The predicted molar refractivity (Wildman–Crippen MR) is 110 cm³/mol. The molecule has 2 amide bonds. The van der Waals surface area contributed by atoms with Gasteiger partial charge in [0.25, 0.3) is 11.8 Å². The molecule has 148 valence electrons. The van der Waals surface area contributed by atoms with Gasteiger partial charge in [0.15, 0.2) is 0 Å². The van der Waals surface area contributed by atoms with Crippen LogP contribution in [0.25, 0.3) is 0 Å². The van der Waals surface area contributed by atoms with Crippen molar-refractivity contribution in [1.29, 1.82) is 0 Å². The van der Waals surface area contributed by atoms with Gasteiger partial charge in [0.2, 0.25) is 0 Å². The Balaban J connectivity index is 1.57. The third-order valence-corrected chi connectivity index (χ3v) is 4.50. The molecule has 0 spiro atoms. The third kappa shape index (κ3) is 5.72. The maximum atomic E-state index is 12.9. The van der Waals surface area contributed by atoms with E-state index in [2.05, 4.69) is 22.5 Å². The van der Waals surface area contributed by atoms with Crippen molar-refractivity contribution >= 4 is 17.5 Å². The van der Waals surface area contributed by atoms with Crippen molar-refractivity contribution in [3.8, 4) is 0 Å². The van der Waals surface area contributed by atoms with Gasteiger partial charge in [-0.25, -0.2) is 4.39 Å². The number of rotatable bonds is 7. The van der Waals surface area contributed by atoms with Crippen LogP contribution in [0, 0.1) is 5.82 Å². The Morgan fingerprint density at radius 1 is 0.897 bits per heavy atom. The van der Waals surface area contributed by atoms with Crippen molar-refractivity contribution in [2.45, 2.75) is 19.8 Å². The fraction of sp³-hybridized carbons (Fsp3) is 0.174. The number of halogens is 1. The van der Waals surface area contributed by atoms with Crippen molar-refractivity contribution in [2.24, 2.45) is 0 Å². The fourth-order valence-electron chi connectivity index (χ4n) is 2.79. The zero-order chi connectivity index (χ0) is 20.6. The summed E-state index contributed by atoms with van der Waals surface area (Å²) in [6, 6.07) is 15.3. The molecule has 5 nitrogen and oxygen atoms in total. The van der Waals surface area contributed by atoms with E-state index in [0.29, 0.717) is 29.8 Å². The van der Waals surface area contributed by atoms with Crippen LogP contribution in [0.2, 0.25) is 0 Å². The van der Waals surface area contributed by atoms with Gasteiger partial charge in [0, 0.05) is 24.6 Å². The molecule has 3 aromatic rings. The van der Waals surface area contributed by atoms with Crippen molar-refractivity contribution in [2.75, 3.05) is 11.9 Å². The Labute approximate surface area is 169 Å². The first-order valence-corrected chi connectivity index (χ1v) is 9.43. The van der Waals surface area contributed by atoms with Crippen molar-refractivity contribution in [3.05, 3.63) is 95.1 Å². The summed E-state index contributed by atoms with van der Waals surface area (Å²) in [5.41, 5.74) is 3.39. The van der Waals surface area contributed by atoms with Crippen LogP contribution in [0.3, 0.4) is 0 Å². The minimum Gasteiger partial charge on any atom is -0.352 e. The summed E-state index contributed by atoms with van der Waals surface area (Å²) in [6.45, 7) is 2.46. The van der Waals surface area contributed by atoms with E-state index >= 15 is 0 Å². The summed E-state index contributed by atoms with van der Waals surface area (Å²) in [4.78, 5) is 28.8. The highest BCUT2D eigenvalue weighted by atomic mass is 19.1. The lowest BCUT2D eigenvalue weighted by atomic mass is 10.1. The quantitative estimate of drug-likeness (QED) is 0.639. The van der Waals surface area contributed by atoms with Crippen LogP contribution in [0.4, 0.5) is 10.1 Å². The Morgan fingerprint density at radius 3 is 2.17 bits per heavy atom. The normalized spacial score (nSPS) is 10.4. The zero-order valence-corrected chi connectivity index (χ0v) is 16.1. The van der Waals surface area contributed by atoms with Crippen LogP contribution >= 0.6 is 0 Å². The van der Waals surface area contributed by atoms with Crippen LogP contribution < -0.4 is 10.6 Å². The van der Waals surface area contributed by atoms with Crippen LogP contribution in [-0.2, 0) is 12.8 Å². The van der Waals surface area contributed by atoms with Crippen molar-refractivity contribution in [3.63, 3.8) is 0 Å². The molecule has 0 aliphatic carbocycles. The number of hydrogen-bond donors (Lipinski definition) is 2. The smallest absolute Gasteiger partial charge is 0.257 e. The molecular weight excluding hydrogens is 369 g/mol. The largest absolute Gasteiger partial charge is 0.352 e. The highest BCUT2D eigenvalue weighted by Gasteiger charge is 2.11. The van der Waals surface area contributed by atoms with Gasteiger partial charge in [-0.1, -0.05) is 31.2 Å². The number of aryl methyl sites for hydroxylation is 1. The molecule has 0 unspecified atom stereocenters. The number of anilines is 1. The van der Waals surface area contributed by atoms with Crippen LogP contribution in [0.15, 0.2) is 67.0 Å². The molecule has 0 aliphatic heterocycles. The highest BCUT2D eigenvalue weighted by Crippen LogP contribution is 2.12. The Bertz CT molecular complexity index is 986. The Kier molecular flexibility index (Phi) is 6.68. The van der Waals surface area contributed by atoms with E-state index in [9.17, 15) is 14.0 Å². The number of hydrogen-bond acceptors (Lipinski definition) is 3. The molecule has 3 rings (SSSR count). The second-order valence-electron chi connectivity index (χ2n) is 6.60. The van der Waals surface area contributed by atoms with Gasteiger partial charge in [-0.3, -0.25) is 14.6 Å². The number of aromatic nitrogens is 1. The molecule has 0 atom stereocenters. The molecular formula is C23H22FN3O2. The van der Waals surface area contributed by atoms with E-state index in [4.69, 9.17) is 0 Å². The number of benzene rings is 2. The standard InChI is InChI=1S/C23H22FN3O2/c1-2-16-5-9-21(10-6-16)27-23(29)19-13-18(14-25-15-19)22(28)26-12-11-17-3-7-20(24)8-4-17/h3-10,13-15H,2,11-12H2,1H3,(H,26,28)(H,27,29). The van der Waals surface area contributed by atoms with Crippen LogP contribution in [-0.4, -0.2) is 23.3 Å². The van der Waals surface area contributed by atoms with Gasteiger partial charge >= 0.3 is 0 Å². The first-order valence-electron chi connectivity index (χ1n) is 9.43. The number of carbonyl (C=O) groups is 2. The SMILES string of the molecule is CCc1ccc(NC(=O)c2cncc(C(=O)NCCc3ccc(F)cc3)c2)cc1. The summed E-state index contributed by atoms with van der Waals surface area (Å²) in [7, 11) is 0. The van der Waals surface area contributed by atoms with Gasteiger partial charge in [0.05, 0.1) is 11.1 Å². The molecule has 0 aliphatic rings. The van der Waals surface area contributed by atoms with E-state index in [1.54, 1.807) is 12.1 Å². The topological polar surface area (TPSA) is 71.1 Å². The summed E-state index contributed by atoms with van der Waals surface area (Å²) < 4.78 is 12.9. The number of carbonyl (C=O) groups excluding carboxylic acids is 2. The molecule has 2 N–H and O–H groups in total. The van der Waals surface area contributed by atoms with E-state index < -0.39 is 0 Å². The molecule has 29 heavy (non-hydrogen) atoms. The van der Waals surface area contributed by atoms with Gasteiger partial charge in [-0.15, -0.1) is 0 Å². The fourth-order valence-corrected chi connectivity index (χ4v) is 2.79. The maximum absolute atomic E-state index is 12.9. The number of pyridine rings is 1. The van der Waals surface area contributed by atoms with Crippen LogP contribution in [0.5, 0.6) is 0 Å². The van der Waals surface area contributed by atoms with Crippen molar-refractivity contribution < 1.29 is 14.0 Å². The zero-order valence-electron chi connectivity index (χ0n) is 16.1. The van der Waals surface area contributed by atoms with E-state index in [1.165, 1.54) is 36.2 Å². The Morgan fingerprint density at radius 2 is 1.52 bits per heavy atom. The summed E-state index contributed by atoms with van der Waals surface area (Å²) in [5.74, 6) is -0.940. The van der Waals surface area contributed by atoms with E-state index in [-0.39, 0.29) is 17.6 Å². The first kappa shape index (κ1) is 20.2. The van der Waals surface area contributed by atoms with Gasteiger partial charge in [-0.2, -0.15) is 0 Å². The lowest BCUT2D eigenvalue weighted by molar-refractivity contribution is 0.0953. The lowest BCUT2D eigenvalue weighted by Crippen LogP contribution is -2.26. The molecule has 6 heteroatoms. The average Bonchev–Trinajstić information content (AvgIpc) is 2.75. The Hall–Kier alpha value is -3.54. The van der Waals surface area contributed by atoms with Gasteiger partial charge in [-0.05, 0) is 54.3 Å². The van der Waals surface area contributed by atoms with Gasteiger partial charge < -0.3 is 10.6 Å². The van der Waals surface area contributed by atoms with E-state index in [0.717, 1.165) is 12.0 Å². The van der Waals surface area contributed by atoms with Crippen molar-refractivity contribution in [1.82, 2.24) is 10.3 Å². The summed E-state index contributed by atoms with van der Waals surface area (Å²) in [6.07, 6.45) is 4.34. The minimum atomic E-state index is -0.331. The number of nitrogens with zero attached hydrogens (tertiary/aromatic N) is 1. The minimum absolute atomic E-state index is 0.291. The lowest BCUT2D eigenvalue weighted by Gasteiger charge is -2.08.